The predicted molar refractivity (Wildman–Crippen MR) is 89.3 cm³/mol. The van der Waals surface area contributed by atoms with E-state index in [2.05, 4.69) is 11.6 Å². The maximum Gasteiger partial charge on any atom is 0.335 e. The summed E-state index contributed by atoms with van der Waals surface area (Å²) in [5.74, 6) is -1.09. The average Bonchev–Trinajstić information content (AvgIpc) is 2.54. The van der Waals surface area contributed by atoms with Crippen LogP contribution in [0.4, 0.5) is 5.69 Å². The van der Waals surface area contributed by atoms with Crippen molar-refractivity contribution < 1.29 is 18.3 Å². The lowest BCUT2D eigenvalue weighted by molar-refractivity contribution is 0.0696. The van der Waals surface area contributed by atoms with Crippen molar-refractivity contribution in [2.75, 3.05) is 4.72 Å². The first-order chi connectivity index (χ1) is 10.9. The monoisotopic (exact) mass is 333 g/mol. The van der Waals surface area contributed by atoms with Gasteiger partial charge in [0.25, 0.3) is 10.0 Å². The number of unbranched alkanes of at least 4 members (excludes halogenated alkanes) is 1. The molecule has 6 heteroatoms. The van der Waals surface area contributed by atoms with Gasteiger partial charge in [0, 0.05) is 5.69 Å². The van der Waals surface area contributed by atoms with Crippen LogP contribution >= 0.6 is 0 Å². The molecule has 0 aromatic heterocycles. The van der Waals surface area contributed by atoms with E-state index in [1.54, 1.807) is 12.1 Å². The van der Waals surface area contributed by atoms with E-state index < -0.39 is 16.0 Å². The zero-order valence-electron chi connectivity index (χ0n) is 12.8. The molecule has 0 saturated heterocycles. The highest BCUT2D eigenvalue weighted by Gasteiger charge is 2.15. The van der Waals surface area contributed by atoms with Gasteiger partial charge in [-0.15, -0.1) is 0 Å². The lowest BCUT2D eigenvalue weighted by atomic mass is 10.1. The number of hydrogen-bond donors (Lipinski definition) is 2. The lowest BCUT2D eigenvalue weighted by Gasteiger charge is -2.09. The van der Waals surface area contributed by atoms with Crippen LogP contribution in [0.25, 0.3) is 0 Å². The van der Waals surface area contributed by atoms with Crippen LogP contribution in [-0.4, -0.2) is 19.5 Å². The second kappa shape index (κ2) is 7.28. The standard InChI is InChI=1S/C17H19NO4S/c1-2-3-4-13-5-9-15(10-6-13)18-23(21,22)16-11-7-14(8-12-16)17(19)20/h5-12,18H,2-4H2,1H3,(H,19,20). The molecule has 0 atom stereocenters. The Labute approximate surface area is 136 Å². The van der Waals surface area contributed by atoms with E-state index in [0.717, 1.165) is 19.3 Å². The molecule has 2 rings (SSSR count). The fraction of sp³-hybridized carbons (Fsp3) is 0.235. The first kappa shape index (κ1) is 17.0. The number of carboxylic acid groups (broad SMARTS) is 1. The van der Waals surface area contributed by atoms with E-state index in [0.29, 0.717) is 5.69 Å². The molecule has 0 fully saturated rings. The maximum absolute atomic E-state index is 12.3. The van der Waals surface area contributed by atoms with Crippen LogP contribution in [0.5, 0.6) is 0 Å². The molecule has 2 aromatic rings. The normalized spacial score (nSPS) is 11.2. The number of hydrogen-bond acceptors (Lipinski definition) is 3. The van der Waals surface area contributed by atoms with E-state index in [1.807, 2.05) is 12.1 Å². The molecule has 122 valence electrons. The van der Waals surface area contributed by atoms with Crippen molar-refractivity contribution in [1.29, 1.82) is 0 Å². The fourth-order valence-corrected chi connectivity index (χ4v) is 3.17. The van der Waals surface area contributed by atoms with E-state index in [1.165, 1.54) is 29.8 Å². The van der Waals surface area contributed by atoms with Gasteiger partial charge in [-0.2, -0.15) is 0 Å². The van der Waals surface area contributed by atoms with Gasteiger partial charge in [0.2, 0.25) is 0 Å². The van der Waals surface area contributed by atoms with E-state index >= 15 is 0 Å². The SMILES string of the molecule is CCCCc1ccc(NS(=O)(=O)c2ccc(C(=O)O)cc2)cc1. The predicted octanol–water partition coefficient (Wildman–Crippen LogP) is 3.53. The van der Waals surface area contributed by atoms with Gasteiger partial charge in [-0.25, -0.2) is 13.2 Å². The second-order valence-electron chi connectivity index (χ2n) is 5.24. The average molecular weight is 333 g/mol. The molecule has 23 heavy (non-hydrogen) atoms. The molecule has 0 heterocycles. The second-order valence-corrected chi connectivity index (χ2v) is 6.92. The first-order valence-electron chi connectivity index (χ1n) is 7.37. The van der Waals surface area contributed by atoms with Gasteiger partial charge in [-0.1, -0.05) is 25.5 Å². The van der Waals surface area contributed by atoms with Crippen molar-refractivity contribution >= 4 is 21.7 Å². The highest BCUT2D eigenvalue weighted by atomic mass is 32.2. The van der Waals surface area contributed by atoms with E-state index in [9.17, 15) is 13.2 Å². The number of sulfonamides is 1. The van der Waals surface area contributed by atoms with Gasteiger partial charge >= 0.3 is 5.97 Å². The summed E-state index contributed by atoms with van der Waals surface area (Å²) in [5, 5.41) is 8.84. The summed E-state index contributed by atoms with van der Waals surface area (Å²) < 4.78 is 27.1. The van der Waals surface area contributed by atoms with E-state index in [4.69, 9.17) is 5.11 Å². The van der Waals surface area contributed by atoms with Crippen LogP contribution < -0.4 is 4.72 Å². The van der Waals surface area contributed by atoms with Gasteiger partial charge in [0.15, 0.2) is 0 Å². The Hall–Kier alpha value is -2.34. The third kappa shape index (κ3) is 4.56. The van der Waals surface area contributed by atoms with Gasteiger partial charge in [-0.3, -0.25) is 4.72 Å². The number of benzene rings is 2. The summed E-state index contributed by atoms with van der Waals surface area (Å²) in [6.45, 7) is 2.12. The zero-order valence-corrected chi connectivity index (χ0v) is 13.6. The lowest BCUT2D eigenvalue weighted by Crippen LogP contribution is -2.13. The van der Waals surface area contributed by atoms with Crippen LogP contribution in [0, 0.1) is 0 Å². The molecule has 2 N–H and O–H groups in total. The van der Waals surface area contributed by atoms with Crippen molar-refractivity contribution in [3.8, 4) is 0 Å². The molecule has 0 saturated carbocycles. The number of anilines is 1. The fourth-order valence-electron chi connectivity index (χ4n) is 2.11. The molecule has 0 bridgehead atoms. The number of carboxylic acids is 1. The topological polar surface area (TPSA) is 83.5 Å². The summed E-state index contributed by atoms with van der Waals surface area (Å²) in [6.07, 6.45) is 3.18. The molecule has 0 aliphatic rings. The Bertz CT molecular complexity index is 765. The molecule has 0 aliphatic heterocycles. The summed E-state index contributed by atoms with van der Waals surface area (Å²) >= 11 is 0. The third-order valence-corrected chi connectivity index (χ3v) is 4.83. The Morgan fingerprint density at radius 3 is 2.17 bits per heavy atom. The highest BCUT2D eigenvalue weighted by Crippen LogP contribution is 2.18. The first-order valence-corrected chi connectivity index (χ1v) is 8.86. The molecule has 5 nitrogen and oxygen atoms in total. The van der Waals surface area contributed by atoms with Crippen LogP contribution in [0.3, 0.4) is 0 Å². The minimum absolute atomic E-state index is 0.0255. The summed E-state index contributed by atoms with van der Waals surface area (Å²) in [5.41, 5.74) is 1.69. The molecular formula is C17H19NO4S. The van der Waals surface area contributed by atoms with Crippen LogP contribution in [-0.2, 0) is 16.4 Å². The Morgan fingerprint density at radius 2 is 1.65 bits per heavy atom. The Morgan fingerprint density at radius 1 is 1.04 bits per heavy atom. The van der Waals surface area contributed by atoms with Crippen molar-refractivity contribution in [3.05, 3.63) is 59.7 Å². The van der Waals surface area contributed by atoms with Crippen LogP contribution in [0.1, 0.15) is 35.7 Å². The van der Waals surface area contributed by atoms with Gasteiger partial charge in [-0.05, 0) is 54.8 Å². The molecule has 0 spiro atoms. The molecule has 2 aromatic carbocycles. The van der Waals surface area contributed by atoms with Gasteiger partial charge < -0.3 is 5.11 Å². The molecule has 0 aliphatic carbocycles. The minimum atomic E-state index is -3.73. The Kier molecular flexibility index (Phi) is 5.39. The minimum Gasteiger partial charge on any atom is -0.478 e. The van der Waals surface area contributed by atoms with Gasteiger partial charge in [0.1, 0.15) is 0 Å². The summed E-state index contributed by atoms with van der Waals surface area (Å²) in [6, 6.07) is 12.4. The maximum atomic E-state index is 12.3. The van der Waals surface area contributed by atoms with E-state index in [-0.39, 0.29) is 10.5 Å². The molecular weight excluding hydrogens is 314 g/mol. The quantitative estimate of drug-likeness (QED) is 0.812. The number of nitrogens with one attached hydrogen (secondary N) is 1. The number of rotatable bonds is 7. The van der Waals surface area contributed by atoms with Crippen molar-refractivity contribution in [2.45, 2.75) is 31.1 Å². The number of aryl methyl sites for hydroxylation is 1. The van der Waals surface area contributed by atoms with Crippen molar-refractivity contribution in [2.24, 2.45) is 0 Å². The zero-order chi connectivity index (χ0) is 16.9. The molecule has 0 radical (unpaired) electrons. The summed E-state index contributed by atoms with van der Waals surface area (Å²) in [4.78, 5) is 10.8. The smallest absolute Gasteiger partial charge is 0.335 e. The highest BCUT2D eigenvalue weighted by molar-refractivity contribution is 7.92. The summed E-state index contributed by atoms with van der Waals surface area (Å²) in [7, 11) is -3.73. The van der Waals surface area contributed by atoms with Crippen molar-refractivity contribution in [1.82, 2.24) is 0 Å². The third-order valence-electron chi connectivity index (χ3n) is 3.44. The Balaban J connectivity index is 2.12. The van der Waals surface area contributed by atoms with Crippen LogP contribution in [0.15, 0.2) is 53.4 Å². The number of carbonyl (C=O) groups is 1. The molecule has 0 amide bonds. The van der Waals surface area contributed by atoms with Crippen LogP contribution in [0.2, 0.25) is 0 Å². The molecule has 0 unspecified atom stereocenters. The van der Waals surface area contributed by atoms with Crippen molar-refractivity contribution in [3.63, 3.8) is 0 Å². The van der Waals surface area contributed by atoms with Gasteiger partial charge in [0.05, 0.1) is 10.5 Å². The number of aromatic carboxylic acids is 1. The largest absolute Gasteiger partial charge is 0.478 e.